The van der Waals surface area contributed by atoms with Crippen molar-refractivity contribution in [3.05, 3.63) is 70.0 Å². The SMILES string of the molecule is O=C(NCCCNCCCCNCCCNC(=O)C(=O)c1c[nH]c2cc(Cl)ccc12)C(=O)c1c[nH]c2cc(Cl)ccc12. The van der Waals surface area contributed by atoms with Crippen LogP contribution in [0, 0.1) is 0 Å². The molecule has 2 amide bonds. The zero-order valence-electron chi connectivity index (χ0n) is 23.1. The van der Waals surface area contributed by atoms with Crippen LogP contribution >= 0.6 is 23.2 Å². The maximum Gasteiger partial charge on any atom is 0.292 e. The number of ketones is 2. The van der Waals surface area contributed by atoms with Crippen molar-refractivity contribution < 1.29 is 19.2 Å². The lowest BCUT2D eigenvalue weighted by atomic mass is 10.1. The molecule has 0 spiro atoms. The van der Waals surface area contributed by atoms with Gasteiger partial charge in [-0.05, 0) is 76.1 Å². The standard InChI is InChI=1S/C30H34Cl2N6O4/c31-19-5-7-21-23(17-37-25(21)15-19)27(39)29(41)35-13-3-11-33-9-1-2-10-34-12-4-14-36-30(42)28(40)24-18-38-26-16-20(32)6-8-22(24)26/h5-8,15-18,33-34,37-38H,1-4,9-14H2,(H,35,41)(H,36,42). The van der Waals surface area contributed by atoms with Crippen LogP contribution in [0.1, 0.15) is 46.4 Å². The van der Waals surface area contributed by atoms with Gasteiger partial charge in [0, 0.05) is 57.3 Å². The summed E-state index contributed by atoms with van der Waals surface area (Å²) in [4.78, 5) is 55.4. The molecule has 0 aliphatic heterocycles. The van der Waals surface area contributed by atoms with Crippen LogP contribution in [0.3, 0.4) is 0 Å². The third-order valence-electron chi connectivity index (χ3n) is 6.78. The van der Waals surface area contributed by atoms with E-state index >= 15 is 0 Å². The van der Waals surface area contributed by atoms with Gasteiger partial charge in [-0.1, -0.05) is 35.3 Å². The van der Waals surface area contributed by atoms with Gasteiger partial charge < -0.3 is 31.2 Å². The van der Waals surface area contributed by atoms with Crippen molar-refractivity contribution in [2.45, 2.75) is 25.7 Å². The number of unbranched alkanes of at least 4 members (excludes halogenated alkanes) is 1. The van der Waals surface area contributed by atoms with Gasteiger partial charge in [-0.15, -0.1) is 0 Å². The number of aromatic nitrogens is 2. The Kier molecular flexibility index (Phi) is 11.5. The van der Waals surface area contributed by atoms with E-state index < -0.39 is 23.4 Å². The van der Waals surface area contributed by atoms with E-state index in [0.717, 1.165) is 39.0 Å². The predicted molar refractivity (Wildman–Crippen MR) is 166 cm³/mol. The number of rotatable bonds is 17. The van der Waals surface area contributed by atoms with Gasteiger partial charge in [0.1, 0.15) is 0 Å². The zero-order chi connectivity index (χ0) is 29.9. The number of carbonyl (C=O) groups is 4. The molecular formula is C30H34Cl2N6O4. The van der Waals surface area contributed by atoms with Gasteiger partial charge >= 0.3 is 0 Å². The number of carbonyl (C=O) groups excluding carboxylic acids is 4. The Morgan fingerprint density at radius 1 is 0.571 bits per heavy atom. The minimum absolute atomic E-state index is 0.332. The van der Waals surface area contributed by atoms with Crippen molar-refractivity contribution >= 4 is 68.4 Å². The van der Waals surface area contributed by atoms with Crippen LogP contribution < -0.4 is 21.3 Å². The molecule has 0 aliphatic carbocycles. The molecule has 0 unspecified atom stereocenters. The Hall–Kier alpha value is -3.70. The fourth-order valence-electron chi connectivity index (χ4n) is 4.56. The average molecular weight is 614 g/mol. The quantitative estimate of drug-likeness (QED) is 0.0603. The van der Waals surface area contributed by atoms with Crippen LogP contribution in [-0.4, -0.2) is 72.6 Å². The number of halogens is 2. The number of amides is 2. The van der Waals surface area contributed by atoms with Crippen molar-refractivity contribution in [3.63, 3.8) is 0 Å². The second kappa shape index (κ2) is 15.5. The highest BCUT2D eigenvalue weighted by Crippen LogP contribution is 2.23. The molecular weight excluding hydrogens is 579 g/mol. The molecule has 0 saturated carbocycles. The number of Topliss-reactive ketones (excluding diaryl/α,β-unsaturated/α-hetero) is 2. The molecule has 0 bridgehead atoms. The first kappa shape index (κ1) is 31.2. The number of aromatic amines is 2. The molecule has 0 radical (unpaired) electrons. The molecule has 2 aromatic heterocycles. The van der Waals surface area contributed by atoms with Gasteiger partial charge in [0.2, 0.25) is 0 Å². The molecule has 42 heavy (non-hydrogen) atoms. The second-order valence-electron chi connectivity index (χ2n) is 9.87. The first-order chi connectivity index (χ1) is 20.3. The van der Waals surface area contributed by atoms with Crippen LogP contribution in [0.4, 0.5) is 0 Å². The van der Waals surface area contributed by atoms with Crippen LogP contribution in [0.2, 0.25) is 10.0 Å². The molecule has 4 aromatic rings. The summed E-state index contributed by atoms with van der Waals surface area (Å²) in [6.07, 6.45) is 6.47. The van der Waals surface area contributed by atoms with E-state index in [1.165, 1.54) is 12.4 Å². The number of nitrogens with one attached hydrogen (secondary N) is 6. The molecule has 222 valence electrons. The van der Waals surface area contributed by atoms with Crippen molar-refractivity contribution in [2.24, 2.45) is 0 Å². The van der Waals surface area contributed by atoms with Crippen LogP contribution in [0.15, 0.2) is 48.8 Å². The van der Waals surface area contributed by atoms with Crippen molar-refractivity contribution in [3.8, 4) is 0 Å². The van der Waals surface area contributed by atoms with Gasteiger partial charge in [-0.25, -0.2) is 0 Å². The van der Waals surface area contributed by atoms with E-state index in [4.69, 9.17) is 23.2 Å². The third kappa shape index (κ3) is 8.42. The average Bonchev–Trinajstić information content (AvgIpc) is 3.59. The summed E-state index contributed by atoms with van der Waals surface area (Å²) in [7, 11) is 0. The fourth-order valence-corrected chi connectivity index (χ4v) is 4.90. The first-order valence-electron chi connectivity index (χ1n) is 13.9. The largest absolute Gasteiger partial charge is 0.360 e. The fraction of sp³-hybridized carbons (Fsp3) is 0.333. The Bertz CT molecular complexity index is 1450. The van der Waals surface area contributed by atoms with Crippen molar-refractivity contribution in [2.75, 3.05) is 39.3 Å². The monoisotopic (exact) mass is 612 g/mol. The molecule has 12 heteroatoms. The highest BCUT2D eigenvalue weighted by Gasteiger charge is 2.20. The van der Waals surface area contributed by atoms with E-state index in [2.05, 4.69) is 31.2 Å². The van der Waals surface area contributed by atoms with Gasteiger partial charge in [0.15, 0.2) is 0 Å². The summed E-state index contributed by atoms with van der Waals surface area (Å²) in [5.41, 5.74) is 2.09. The summed E-state index contributed by atoms with van der Waals surface area (Å²) in [6, 6.07) is 10.3. The summed E-state index contributed by atoms with van der Waals surface area (Å²) in [5.74, 6) is -2.39. The van der Waals surface area contributed by atoms with E-state index in [1.54, 1.807) is 36.4 Å². The zero-order valence-corrected chi connectivity index (χ0v) is 24.6. The Morgan fingerprint density at radius 2 is 0.976 bits per heavy atom. The molecule has 0 saturated heterocycles. The lowest BCUT2D eigenvalue weighted by Gasteiger charge is -2.08. The maximum absolute atomic E-state index is 12.5. The third-order valence-corrected chi connectivity index (χ3v) is 7.25. The molecule has 6 N–H and O–H groups in total. The van der Waals surface area contributed by atoms with Gasteiger partial charge in [0.25, 0.3) is 23.4 Å². The number of benzene rings is 2. The van der Waals surface area contributed by atoms with Gasteiger partial charge in [0.05, 0.1) is 11.1 Å². The lowest BCUT2D eigenvalue weighted by molar-refractivity contribution is -0.117. The summed E-state index contributed by atoms with van der Waals surface area (Å²) >= 11 is 11.9. The number of fused-ring (bicyclic) bond motifs is 2. The molecule has 2 heterocycles. The molecule has 2 aromatic carbocycles. The molecule has 0 aliphatic rings. The Morgan fingerprint density at radius 3 is 1.40 bits per heavy atom. The number of H-pyrrole nitrogens is 2. The molecule has 0 fully saturated rings. The van der Waals surface area contributed by atoms with Gasteiger partial charge in [-0.3, -0.25) is 19.2 Å². The highest BCUT2D eigenvalue weighted by molar-refractivity contribution is 6.45. The van der Waals surface area contributed by atoms with Crippen LogP contribution in [0.25, 0.3) is 21.8 Å². The minimum atomic E-state index is -0.622. The smallest absolute Gasteiger partial charge is 0.292 e. The maximum atomic E-state index is 12.5. The number of hydrogen-bond donors (Lipinski definition) is 6. The lowest BCUT2D eigenvalue weighted by Crippen LogP contribution is -2.33. The summed E-state index contributed by atoms with van der Waals surface area (Å²) < 4.78 is 0. The van der Waals surface area contributed by atoms with E-state index in [9.17, 15) is 19.2 Å². The molecule has 4 rings (SSSR count). The normalized spacial score (nSPS) is 11.2. The second-order valence-corrected chi connectivity index (χ2v) is 10.7. The highest BCUT2D eigenvalue weighted by atomic mass is 35.5. The number of hydrogen-bond acceptors (Lipinski definition) is 6. The minimum Gasteiger partial charge on any atom is -0.360 e. The van der Waals surface area contributed by atoms with Crippen LogP contribution in [0.5, 0.6) is 0 Å². The van der Waals surface area contributed by atoms with Crippen LogP contribution in [-0.2, 0) is 9.59 Å². The first-order valence-corrected chi connectivity index (χ1v) is 14.7. The summed E-state index contributed by atoms with van der Waals surface area (Å²) in [5, 5.41) is 14.5. The topological polar surface area (TPSA) is 148 Å². The van der Waals surface area contributed by atoms with E-state index in [-0.39, 0.29) is 0 Å². The van der Waals surface area contributed by atoms with Crippen molar-refractivity contribution in [1.82, 2.24) is 31.2 Å². The predicted octanol–water partition coefficient (Wildman–Crippen LogP) is 3.99. The molecule has 10 nitrogen and oxygen atoms in total. The molecule has 0 atom stereocenters. The Balaban J connectivity index is 0.972. The van der Waals surface area contributed by atoms with E-state index in [1.807, 2.05) is 0 Å². The van der Waals surface area contributed by atoms with E-state index in [0.29, 0.717) is 68.9 Å². The summed E-state index contributed by atoms with van der Waals surface area (Å²) in [6.45, 7) is 3.99. The Labute approximate surface area is 253 Å². The van der Waals surface area contributed by atoms with Crippen molar-refractivity contribution in [1.29, 1.82) is 0 Å². The van der Waals surface area contributed by atoms with Gasteiger partial charge in [-0.2, -0.15) is 0 Å².